The average Bonchev–Trinajstić information content (AvgIpc) is 2.31. The fourth-order valence-electron chi connectivity index (χ4n) is 2.18. The zero-order valence-electron chi connectivity index (χ0n) is 11.0. The van der Waals surface area contributed by atoms with Gasteiger partial charge in [-0.25, -0.2) is 0 Å². The van der Waals surface area contributed by atoms with Crippen LogP contribution in [0.5, 0.6) is 0 Å². The summed E-state index contributed by atoms with van der Waals surface area (Å²) in [6.07, 6.45) is 1.14. The molecule has 0 aliphatic carbocycles. The monoisotopic (exact) mass is 254 g/mol. The Hall–Kier alpha value is -0.570. The molecule has 0 saturated carbocycles. The maximum Gasteiger partial charge on any atom is 0.0473 e. The summed E-state index contributed by atoms with van der Waals surface area (Å²) >= 11 is 5.92. The molecule has 96 valence electrons. The molecule has 0 amide bonds. The Morgan fingerprint density at radius 3 is 2.24 bits per heavy atom. The van der Waals surface area contributed by atoms with Gasteiger partial charge >= 0.3 is 0 Å². The second-order valence-electron chi connectivity index (χ2n) is 4.63. The average molecular weight is 255 g/mol. The van der Waals surface area contributed by atoms with E-state index in [1.165, 1.54) is 5.56 Å². The molecule has 0 aliphatic heterocycles. The van der Waals surface area contributed by atoms with Gasteiger partial charge in [-0.15, -0.1) is 0 Å². The molecule has 0 aliphatic rings. The third-order valence-electron chi connectivity index (χ3n) is 3.02. The number of rotatable bonds is 6. The van der Waals surface area contributed by atoms with Gasteiger partial charge in [0.2, 0.25) is 0 Å². The Morgan fingerprint density at radius 2 is 1.82 bits per heavy atom. The Balaban J connectivity index is 2.91. The van der Waals surface area contributed by atoms with Crippen LogP contribution in [-0.4, -0.2) is 24.0 Å². The van der Waals surface area contributed by atoms with Gasteiger partial charge in [0.25, 0.3) is 0 Å². The number of benzene rings is 1. The summed E-state index contributed by atoms with van der Waals surface area (Å²) in [5.74, 6) is 0. The van der Waals surface area contributed by atoms with E-state index in [1.54, 1.807) is 0 Å². The second kappa shape index (κ2) is 7.00. The Bertz CT molecular complexity index is 321. The van der Waals surface area contributed by atoms with Crippen molar-refractivity contribution in [2.75, 3.05) is 13.1 Å². The lowest BCUT2D eigenvalue weighted by molar-refractivity contribution is 0.157. The molecule has 0 bridgehead atoms. The number of hydrogen-bond acceptors (Lipinski definition) is 2. The zero-order chi connectivity index (χ0) is 12.8. The van der Waals surface area contributed by atoms with Crippen LogP contribution < -0.4 is 5.73 Å². The minimum absolute atomic E-state index is 0.284. The van der Waals surface area contributed by atoms with Gasteiger partial charge in [0.1, 0.15) is 0 Å². The van der Waals surface area contributed by atoms with Crippen molar-refractivity contribution in [3.63, 3.8) is 0 Å². The van der Waals surface area contributed by atoms with Crippen LogP contribution in [0, 0.1) is 0 Å². The van der Waals surface area contributed by atoms with Gasteiger partial charge in [-0.3, -0.25) is 4.90 Å². The minimum Gasteiger partial charge on any atom is -0.329 e. The number of hydrogen-bond donors (Lipinski definition) is 1. The SMILES string of the molecule is CCCN(C(C)C)C(CN)c1ccc(Cl)cc1. The molecule has 1 rings (SSSR count). The summed E-state index contributed by atoms with van der Waals surface area (Å²) in [6, 6.07) is 8.80. The molecule has 1 atom stereocenters. The van der Waals surface area contributed by atoms with Crippen molar-refractivity contribution in [1.29, 1.82) is 0 Å². The molecule has 0 saturated heterocycles. The van der Waals surface area contributed by atoms with E-state index < -0.39 is 0 Å². The fraction of sp³-hybridized carbons (Fsp3) is 0.571. The van der Waals surface area contributed by atoms with E-state index in [1.807, 2.05) is 12.1 Å². The van der Waals surface area contributed by atoms with Gasteiger partial charge in [-0.2, -0.15) is 0 Å². The predicted molar refractivity (Wildman–Crippen MR) is 75.4 cm³/mol. The van der Waals surface area contributed by atoms with E-state index in [-0.39, 0.29) is 6.04 Å². The summed E-state index contributed by atoms with van der Waals surface area (Å²) in [5, 5.41) is 0.774. The lowest BCUT2D eigenvalue weighted by Crippen LogP contribution is -2.39. The second-order valence-corrected chi connectivity index (χ2v) is 5.07. The lowest BCUT2D eigenvalue weighted by atomic mass is 10.0. The summed E-state index contributed by atoms with van der Waals surface area (Å²) in [7, 11) is 0. The van der Waals surface area contributed by atoms with E-state index in [0.29, 0.717) is 12.6 Å². The van der Waals surface area contributed by atoms with Crippen molar-refractivity contribution in [3.8, 4) is 0 Å². The first-order chi connectivity index (χ1) is 8.10. The highest BCUT2D eigenvalue weighted by atomic mass is 35.5. The molecular weight excluding hydrogens is 232 g/mol. The maximum atomic E-state index is 5.94. The molecule has 3 heteroatoms. The van der Waals surface area contributed by atoms with E-state index in [2.05, 4.69) is 37.8 Å². The maximum absolute atomic E-state index is 5.94. The van der Waals surface area contributed by atoms with E-state index >= 15 is 0 Å². The molecule has 1 aromatic rings. The van der Waals surface area contributed by atoms with Crippen LogP contribution in [0.15, 0.2) is 24.3 Å². The molecule has 0 radical (unpaired) electrons. The van der Waals surface area contributed by atoms with E-state index in [0.717, 1.165) is 18.0 Å². The zero-order valence-corrected chi connectivity index (χ0v) is 11.7. The third-order valence-corrected chi connectivity index (χ3v) is 3.28. The first kappa shape index (κ1) is 14.5. The van der Waals surface area contributed by atoms with Crippen molar-refractivity contribution >= 4 is 11.6 Å². The van der Waals surface area contributed by atoms with Crippen LogP contribution >= 0.6 is 11.6 Å². The smallest absolute Gasteiger partial charge is 0.0473 e. The number of nitrogens with two attached hydrogens (primary N) is 1. The van der Waals surface area contributed by atoms with E-state index in [9.17, 15) is 0 Å². The van der Waals surface area contributed by atoms with E-state index in [4.69, 9.17) is 17.3 Å². The third kappa shape index (κ3) is 3.98. The van der Waals surface area contributed by atoms with Gasteiger partial charge in [-0.05, 0) is 44.5 Å². The number of nitrogens with zero attached hydrogens (tertiary/aromatic N) is 1. The first-order valence-electron chi connectivity index (χ1n) is 6.31. The van der Waals surface area contributed by atoms with Gasteiger partial charge in [0.05, 0.1) is 0 Å². The van der Waals surface area contributed by atoms with Gasteiger partial charge in [-0.1, -0.05) is 30.7 Å². The molecule has 0 spiro atoms. The predicted octanol–water partition coefficient (Wildman–Crippen LogP) is 3.46. The molecule has 0 aromatic heterocycles. The number of halogens is 1. The molecule has 2 N–H and O–H groups in total. The quantitative estimate of drug-likeness (QED) is 0.843. The largest absolute Gasteiger partial charge is 0.329 e. The van der Waals surface area contributed by atoms with Crippen molar-refractivity contribution in [3.05, 3.63) is 34.9 Å². The highest BCUT2D eigenvalue weighted by Crippen LogP contribution is 2.23. The van der Waals surface area contributed by atoms with Crippen LogP contribution in [0.4, 0.5) is 0 Å². The normalized spacial score (nSPS) is 13.4. The summed E-state index contributed by atoms with van der Waals surface area (Å²) < 4.78 is 0. The van der Waals surface area contributed by atoms with Crippen molar-refractivity contribution < 1.29 is 0 Å². The molecule has 0 fully saturated rings. The summed E-state index contributed by atoms with van der Waals surface area (Å²) in [5.41, 5.74) is 7.19. The molecule has 1 unspecified atom stereocenters. The highest BCUT2D eigenvalue weighted by Gasteiger charge is 2.20. The Labute approximate surface area is 110 Å². The first-order valence-corrected chi connectivity index (χ1v) is 6.69. The van der Waals surface area contributed by atoms with Crippen molar-refractivity contribution in [2.24, 2.45) is 5.73 Å². The minimum atomic E-state index is 0.284. The standard InChI is InChI=1S/C14H23ClN2/c1-4-9-17(11(2)3)14(10-16)12-5-7-13(15)8-6-12/h5-8,11,14H,4,9-10,16H2,1-3H3. The molecule has 17 heavy (non-hydrogen) atoms. The molecule has 0 heterocycles. The Kier molecular flexibility index (Phi) is 5.96. The van der Waals surface area contributed by atoms with Crippen LogP contribution in [0.1, 0.15) is 38.8 Å². The fourth-order valence-corrected chi connectivity index (χ4v) is 2.31. The summed E-state index contributed by atoms with van der Waals surface area (Å²) in [6.45, 7) is 8.34. The van der Waals surface area contributed by atoms with Crippen LogP contribution in [-0.2, 0) is 0 Å². The van der Waals surface area contributed by atoms with Crippen LogP contribution in [0.2, 0.25) is 5.02 Å². The summed E-state index contributed by atoms with van der Waals surface area (Å²) in [4.78, 5) is 2.45. The van der Waals surface area contributed by atoms with Gasteiger partial charge < -0.3 is 5.73 Å². The van der Waals surface area contributed by atoms with Crippen molar-refractivity contribution in [2.45, 2.75) is 39.3 Å². The Morgan fingerprint density at radius 1 is 1.24 bits per heavy atom. The van der Waals surface area contributed by atoms with Crippen molar-refractivity contribution in [1.82, 2.24) is 4.90 Å². The molecular formula is C14H23ClN2. The molecule has 1 aromatic carbocycles. The van der Waals surface area contributed by atoms with Gasteiger partial charge in [0.15, 0.2) is 0 Å². The van der Waals surface area contributed by atoms with Gasteiger partial charge in [0, 0.05) is 23.7 Å². The van der Waals surface area contributed by atoms with Crippen LogP contribution in [0.3, 0.4) is 0 Å². The van der Waals surface area contributed by atoms with Crippen LogP contribution in [0.25, 0.3) is 0 Å². The molecule has 2 nitrogen and oxygen atoms in total. The lowest BCUT2D eigenvalue weighted by Gasteiger charge is -2.34. The highest BCUT2D eigenvalue weighted by molar-refractivity contribution is 6.30. The topological polar surface area (TPSA) is 29.3 Å².